The highest BCUT2D eigenvalue weighted by Gasteiger charge is 2.28. The van der Waals surface area contributed by atoms with Gasteiger partial charge in [-0.3, -0.25) is 9.59 Å². The lowest BCUT2D eigenvalue weighted by Crippen LogP contribution is -2.46. The normalized spacial score (nSPS) is 17.4. The van der Waals surface area contributed by atoms with Gasteiger partial charge in [0.1, 0.15) is 29.6 Å². The molecule has 2 heterocycles. The highest BCUT2D eigenvalue weighted by atomic mass is 35.5. The standard InChI is InChI=1S/C28H29Cl2F2N3O4/c29-22-4-3-19(11-24(22)31)39-15-18(36)7-10-34-8-5-16(6-9-34)33-28(38)21-14-35(17-1-2-17)26-13-23(30)25(32)12-20(26)27(21)37/h3-4,11-14,16-18,36H,1-2,5-10,15H2,(H,33,38)/t18-/m1/s1. The number of hydrogen-bond acceptors (Lipinski definition) is 5. The molecule has 2 aromatic carbocycles. The van der Waals surface area contributed by atoms with Gasteiger partial charge in [0.25, 0.3) is 5.91 Å². The summed E-state index contributed by atoms with van der Waals surface area (Å²) < 4.78 is 35.0. The first kappa shape index (κ1) is 27.8. The zero-order chi connectivity index (χ0) is 27.7. The maximum absolute atomic E-state index is 14.2. The van der Waals surface area contributed by atoms with Gasteiger partial charge in [-0.1, -0.05) is 23.2 Å². The van der Waals surface area contributed by atoms with E-state index < -0.39 is 29.1 Å². The Morgan fingerprint density at radius 2 is 1.79 bits per heavy atom. The minimum absolute atomic E-state index is 0.00208. The van der Waals surface area contributed by atoms with Crippen molar-refractivity contribution in [1.29, 1.82) is 0 Å². The number of carbonyl (C=O) groups is 1. The molecule has 1 saturated heterocycles. The molecular formula is C28H29Cl2F2N3O4. The minimum atomic E-state index is -0.720. The molecule has 1 aliphatic heterocycles. The monoisotopic (exact) mass is 579 g/mol. The Morgan fingerprint density at radius 3 is 2.49 bits per heavy atom. The molecule has 7 nitrogen and oxygen atoms in total. The number of rotatable bonds is 9. The number of ether oxygens (including phenoxy) is 1. The van der Waals surface area contributed by atoms with Crippen molar-refractivity contribution < 1.29 is 23.4 Å². The fourth-order valence-corrected chi connectivity index (χ4v) is 5.17. The number of pyridine rings is 1. The van der Waals surface area contributed by atoms with Crippen LogP contribution < -0.4 is 15.5 Å². The summed E-state index contributed by atoms with van der Waals surface area (Å²) >= 11 is 11.6. The molecule has 5 rings (SSSR count). The predicted molar refractivity (Wildman–Crippen MR) is 146 cm³/mol. The first-order valence-electron chi connectivity index (χ1n) is 13.0. The minimum Gasteiger partial charge on any atom is -0.491 e. The molecule has 2 fully saturated rings. The molecule has 0 spiro atoms. The van der Waals surface area contributed by atoms with E-state index in [1.807, 2.05) is 4.57 Å². The molecule has 1 atom stereocenters. The molecular weight excluding hydrogens is 551 g/mol. The highest BCUT2D eigenvalue weighted by Crippen LogP contribution is 2.37. The zero-order valence-corrected chi connectivity index (χ0v) is 22.7. The Morgan fingerprint density at radius 1 is 1.08 bits per heavy atom. The van der Waals surface area contributed by atoms with Gasteiger partial charge >= 0.3 is 0 Å². The van der Waals surface area contributed by atoms with E-state index in [4.69, 9.17) is 27.9 Å². The number of aromatic nitrogens is 1. The van der Waals surface area contributed by atoms with Crippen LogP contribution in [0, 0.1) is 11.6 Å². The number of likely N-dealkylation sites (tertiary alicyclic amines) is 1. The van der Waals surface area contributed by atoms with Gasteiger partial charge in [0.2, 0.25) is 5.43 Å². The van der Waals surface area contributed by atoms with Crippen molar-refractivity contribution in [3.05, 3.63) is 74.0 Å². The number of hydrogen-bond donors (Lipinski definition) is 2. The molecule has 1 amide bonds. The Hall–Kier alpha value is -2.72. The van der Waals surface area contributed by atoms with E-state index in [9.17, 15) is 23.5 Å². The molecule has 1 saturated carbocycles. The average molecular weight is 580 g/mol. The predicted octanol–water partition coefficient (Wildman–Crippen LogP) is 4.95. The molecule has 1 aromatic heterocycles. The number of aliphatic hydroxyl groups is 1. The fourth-order valence-electron chi connectivity index (χ4n) is 4.90. The number of amides is 1. The van der Waals surface area contributed by atoms with Gasteiger partial charge in [0, 0.05) is 49.4 Å². The van der Waals surface area contributed by atoms with Crippen LogP contribution >= 0.6 is 23.2 Å². The van der Waals surface area contributed by atoms with Crippen LogP contribution in [0.4, 0.5) is 8.78 Å². The van der Waals surface area contributed by atoms with Crippen LogP contribution in [0.25, 0.3) is 10.9 Å². The third-order valence-corrected chi connectivity index (χ3v) is 7.89. The van der Waals surface area contributed by atoms with Gasteiger partial charge in [-0.2, -0.15) is 0 Å². The Labute approximate surface area is 234 Å². The van der Waals surface area contributed by atoms with Crippen LogP contribution in [0.15, 0.2) is 41.3 Å². The van der Waals surface area contributed by atoms with Gasteiger partial charge in [0.05, 0.1) is 21.7 Å². The smallest absolute Gasteiger partial charge is 0.256 e. The van der Waals surface area contributed by atoms with E-state index in [0.717, 1.165) is 18.9 Å². The molecule has 0 unspecified atom stereocenters. The molecule has 208 valence electrons. The summed E-state index contributed by atoms with van der Waals surface area (Å²) in [6.07, 6.45) is 4.56. The molecule has 2 aliphatic rings. The SMILES string of the molecule is O=C(NC1CCN(CC[C@@H](O)COc2ccc(Cl)c(F)c2)CC1)c1cn(C2CC2)c2cc(Cl)c(F)cc2c1=O. The zero-order valence-electron chi connectivity index (χ0n) is 21.1. The second-order valence-corrected chi connectivity index (χ2v) is 11.0. The third kappa shape index (κ3) is 6.54. The van der Waals surface area contributed by atoms with Crippen LogP contribution in [0.5, 0.6) is 5.75 Å². The van der Waals surface area contributed by atoms with Crippen LogP contribution in [0.3, 0.4) is 0 Å². The van der Waals surface area contributed by atoms with Crippen molar-refractivity contribution in [2.45, 2.75) is 50.3 Å². The molecule has 2 N–H and O–H groups in total. The van der Waals surface area contributed by atoms with Crippen molar-refractivity contribution in [2.75, 3.05) is 26.2 Å². The first-order valence-corrected chi connectivity index (χ1v) is 13.8. The summed E-state index contributed by atoms with van der Waals surface area (Å²) in [6, 6.07) is 6.75. The maximum atomic E-state index is 14.2. The summed E-state index contributed by atoms with van der Waals surface area (Å²) in [5.41, 5.74) is 0.0267. The number of halogens is 4. The van der Waals surface area contributed by atoms with E-state index in [1.54, 1.807) is 12.3 Å². The average Bonchev–Trinajstić information content (AvgIpc) is 3.76. The summed E-state index contributed by atoms with van der Waals surface area (Å²) in [7, 11) is 0. The van der Waals surface area contributed by atoms with Crippen molar-refractivity contribution in [3.8, 4) is 5.75 Å². The topological polar surface area (TPSA) is 83.8 Å². The molecule has 39 heavy (non-hydrogen) atoms. The van der Waals surface area contributed by atoms with E-state index in [1.165, 1.54) is 18.2 Å². The lowest BCUT2D eigenvalue weighted by atomic mass is 10.0. The second kappa shape index (κ2) is 11.8. The first-order chi connectivity index (χ1) is 18.7. The molecule has 3 aromatic rings. The molecule has 11 heteroatoms. The molecule has 0 bridgehead atoms. The van der Waals surface area contributed by atoms with Crippen molar-refractivity contribution in [3.63, 3.8) is 0 Å². The van der Waals surface area contributed by atoms with Crippen LogP contribution in [0.2, 0.25) is 10.0 Å². The summed E-state index contributed by atoms with van der Waals surface area (Å²) in [5, 5.41) is 13.3. The van der Waals surface area contributed by atoms with Crippen molar-refractivity contribution in [2.24, 2.45) is 0 Å². The number of benzene rings is 2. The Bertz CT molecular complexity index is 1440. The third-order valence-electron chi connectivity index (χ3n) is 7.29. The number of fused-ring (bicyclic) bond motifs is 1. The molecule has 0 radical (unpaired) electrons. The second-order valence-electron chi connectivity index (χ2n) is 10.2. The van der Waals surface area contributed by atoms with Gasteiger partial charge < -0.3 is 24.6 Å². The van der Waals surface area contributed by atoms with E-state index in [-0.39, 0.29) is 39.7 Å². The van der Waals surface area contributed by atoms with Gasteiger partial charge in [-0.25, -0.2) is 8.78 Å². The number of aliphatic hydroxyl groups excluding tert-OH is 1. The summed E-state index contributed by atoms with van der Waals surface area (Å²) in [5.74, 6) is -1.43. The van der Waals surface area contributed by atoms with E-state index >= 15 is 0 Å². The van der Waals surface area contributed by atoms with Crippen LogP contribution in [-0.4, -0.2) is 58.9 Å². The van der Waals surface area contributed by atoms with Crippen molar-refractivity contribution >= 4 is 40.0 Å². The van der Waals surface area contributed by atoms with Gasteiger partial charge in [-0.15, -0.1) is 0 Å². The Kier molecular flexibility index (Phi) is 8.42. The summed E-state index contributed by atoms with van der Waals surface area (Å²) in [4.78, 5) is 28.4. The van der Waals surface area contributed by atoms with E-state index in [2.05, 4.69) is 10.2 Å². The maximum Gasteiger partial charge on any atom is 0.256 e. The number of piperidine rings is 1. The quantitative estimate of drug-likeness (QED) is 0.375. The summed E-state index contributed by atoms with van der Waals surface area (Å²) in [6.45, 7) is 2.11. The Balaban J connectivity index is 1.13. The van der Waals surface area contributed by atoms with Crippen LogP contribution in [0.1, 0.15) is 48.5 Å². The highest BCUT2D eigenvalue weighted by molar-refractivity contribution is 6.31. The number of nitrogens with zero attached hydrogens (tertiary/aromatic N) is 2. The largest absolute Gasteiger partial charge is 0.491 e. The van der Waals surface area contributed by atoms with E-state index in [0.29, 0.717) is 50.2 Å². The van der Waals surface area contributed by atoms with Crippen LogP contribution in [-0.2, 0) is 0 Å². The fraction of sp³-hybridized carbons (Fsp3) is 0.429. The molecule has 1 aliphatic carbocycles. The van der Waals surface area contributed by atoms with Gasteiger partial charge in [-0.05, 0) is 56.4 Å². The van der Waals surface area contributed by atoms with Crippen molar-refractivity contribution in [1.82, 2.24) is 14.8 Å². The lowest BCUT2D eigenvalue weighted by Gasteiger charge is -2.32. The number of carbonyl (C=O) groups excluding carboxylic acids is 1. The van der Waals surface area contributed by atoms with Gasteiger partial charge in [0.15, 0.2) is 0 Å². The number of nitrogens with one attached hydrogen (secondary N) is 1. The lowest BCUT2D eigenvalue weighted by molar-refractivity contribution is 0.0798.